The van der Waals surface area contributed by atoms with E-state index in [1.54, 1.807) is 19.1 Å². The van der Waals surface area contributed by atoms with Crippen molar-refractivity contribution in [2.45, 2.75) is 18.1 Å². The Balaban J connectivity index is 1.75. The molecule has 1 N–H and O–H groups in total. The number of nitrogens with zero attached hydrogens (tertiary/aromatic N) is 2. The van der Waals surface area contributed by atoms with Gasteiger partial charge in [0.2, 0.25) is 11.8 Å². The van der Waals surface area contributed by atoms with E-state index in [4.69, 9.17) is 4.74 Å². The van der Waals surface area contributed by atoms with Crippen molar-refractivity contribution in [2.24, 2.45) is 11.8 Å². The van der Waals surface area contributed by atoms with E-state index in [1.165, 1.54) is 24.3 Å². The maximum absolute atomic E-state index is 12.9. The summed E-state index contributed by atoms with van der Waals surface area (Å²) in [4.78, 5) is 36.9. The van der Waals surface area contributed by atoms with Crippen molar-refractivity contribution >= 4 is 23.2 Å². The van der Waals surface area contributed by atoms with Crippen molar-refractivity contribution in [3.63, 3.8) is 0 Å². The molecule has 4 atom stereocenters. The maximum atomic E-state index is 12.9. The van der Waals surface area contributed by atoms with Gasteiger partial charge in [-0.2, -0.15) is 0 Å². The van der Waals surface area contributed by atoms with E-state index in [-0.39, 0.29) is 11.4 Å². The molecule has 4 rings (SSSR count). The third kappa shape index (κ3) is 1.64. The van der Waals surface area contributed by atoms with Crippen LogP contribution in [0.2, 0.25) is 0 Å². The Morgan fingerprint density at radius 3 is 2.42 bits per heavy atom. The van der Waals surface area contributed by atoms with E-state index in [2.05, 4.69) is 0 Å². The van der Waals surface area contributed by atoms with Crippen LogP contribution in [0.4, 0.5) is 11.4 Å². The molecule has 1 aromatic rings. The molecule has 0 saturated carbocycles. The van der Waals surface area contributed by atoms with E-state index < -0.39 is 46.4 Å². The molecule has 2 amide bonds. The van der Waals surface area contributed by atoms with Crippen LogP contribution in [0.15, 0.2) is 36.4 Å². The lowest BCUT2D eigenvalue weighted by atomic mass is 9.73. The first-order valence-electron chi connectivity index (χ1n) is 7.47. The first kappa shape index (κ1) is 15.0. The van der Waals surface area contributed by atoms with Gasteiger partial charge in [0.25, 0.3) is 5.69 Å². The van der Waals surface area contributed by atoms with Gasteiger partial charge in [0.05, 0.1) is 34.7 Å². The highest BCUT2D eigenvalue weighted by molar-refractivity contribution is 6.23. The molecule has 0 unspecified atom stereocenters. The second-order valence-electron chi connectivity index (χ2n) is 6.47. The number of rotatable bonds is 3. The highest BCUT2D eigenvalue weighted by atomic mass is 16.6. The van der Waals surface area contributed by atoms with Crippen molar-refractivity contribution in [3.8, 4) is 0 Å². The van der Waals surface area contributed by atoms with Gasteiger partial charge in [0.1, 0.15) is 5.60 Å². The van der Waals surface area contributed by atoms with E-state index >= 15 is 0 Å². The predicted octanol–water partition coefficient (Wildman–Crippen LogP) is 0.790. The minimum Gasteiger partial charge on any atom is -0.393 e. The number of ether oxygens (including phenoxy) is 1. The first-order valence-corrected chi connectivity index (χ1v) is 7.47. The Bertz CT molecular complexity index is 803. The Morgan fingerprint density at radius 1 is 1.21 bits per heavy atom. The third-order valence-corrected chi connectivity index (χ3v) is 5.12. The van der Waals surface area contributed by atoms with Gasteiger partial charge < -0.3 is 9.84 Å². The summed E-state index contributed by atoms with van der Waals surface area (Å²) in [5.74, 6) is -2.38. The summed E-state index contributed by atoms with van der Waals surface area (Å²) in [6.07, 6.45) is 3.37. The molecule has 3 aliphatic rings. The molecule has 1 aromatic carbocycles. The topological polar surface area (TPSA) is 110 Å². The summed E-state index contributed by atoms with van der Waals surface area (Å²) in [6.45, 7) is 1.32. The predicted molar refractivity (Wildman–Crippen MR) is 81.0 cm³/mol. The Hall–Kier alpha value is -2.58. The summed E-state index contributed by atoms with van der Waals surface area (Å²) in [7, 11) is 0. The number of fused-ring (bicyclic) bond motifs is 5. The van der Waals surface area contributed by atoms with Crippen LogP contribution in [0.5, 0.6) is 0 Å². The Morgan fingerprint density at radius 2 is 1.83 bits per heavy atom. The smallest absolute Gasteiger partial charge is 0.269 e. The van der Waals surface area contributed by atoms with Crippen LogP contribution in [0.1, 0.15) is 6.92 Å². The van der Waals surface area contributed by atoms with Crippen LogP contribution < -0.4 is 4.90 Å². The fraction of sp³-hybridized carbons (Fsp3) is 0.375. The second kappa shape index (κ2) is 4.49. The van der Waals surface area contributed by atoms with Gasteiger partial charge in [-0.25, -0.2) is 4.90 Å². The summed E-state index contributed by atoms with van der Waals surface area (Å²) in [6, 6.07) is 5.24. The molecular weight excluding hydrogens is 316 g/mol. The number of carbonyl (C=O) groups is 2. The molecule has 3 heterocycles. The normalized spacial score (nSPS) is 36.5. The van der Waals surface area contributed by atoms with Crippen LogP contribution >= 0.6 is 0 Å². The number of non-ortho nitro benzene ring substituents is 1. The zero-order valence-corrected chi connectivity index (χ0v) is 12.7. The lowest BCUT2D eigenvalue weighted by Gasteiger charge is -2.26. The average molecular weight is 330 g/mol. The number of anilines is 1. The molecule has 124 valence electrons. The Kier molecular flexibility index (Phi) is 2.80. The van der Waals surface area contributed by atoms with E-state index in [0.717, 1.165) is 4.90 Å². The monoisotopic (exact) mass is 330 g/mol. The number of carbonyl (C=O) groups excluding carboxylic acids is 2. The quantitative estimate of drug-likeness (QED) is 0.380. The molecule has 24 heavy (non-hydrogen) atoms. The number of nitro benzene ring substituents is 1. The molecule has 8 heteroatoms. The number of hydrogen-bond donors (Lipinski definition) is 1. The van der Waals surface area contributed by atoms with Gasteiger partial charge in [-0.05, 0) is 19.1 Å². The highest BCUT2D eigenvalue weighted by Gasteiger charge is 2.72. The van der Waals surface area contributed by atoms with Crippen LogP contribution in [0.3, 0.4) is 0 Å². The first-order chi connectivity index (χ1) is 11.3. The average Bonchev–Trinajstić information content (AvgIpc) is 3.14. The molecule has 0 aliphatic carbocycles. The lowest BCUT2D eigenvalue weighted by molar-refractivity contribution is -0.384. The zero-order chi connectivity index (χ0) is 17.3. The molecular formula is C16H14N2O6. The van der Waals surface area contributed by atoms with Crippen molar-refractivity contribution in [2.75, 3.05) is 11.5 Å². The fourth-order valence-electron chi connectivity index (χ4n) is 4.02. The highest BCUT2D eigenvalue weighted by Crippen LogP contribution is 2.57. The maximum Gasteiger partial charge on any atom is 0.269 e. The molecule has 2 fully saturated rings. The number of nitro groups is 1. The summed E-state index contributed by atoms with van der Waals surface area (Å²) < 4.78 is 5.82. The lowest BCUT2D eigenvalue weighted by Crippen LogP contribution is -2.43. The molecule has 0 aromatic heterocycles. The van der Waals surface area contributed by atoms with Gasteiger partial charge >= 0.3 is 0 Å². The molecule has 2 bridgehead atoms. The standard InChI is InChI=1S/C16H14N2O6/c1-15-6-7-16(8-19,24-15)12-11(15)13(20)17(14(12)21)9-2-4-10(5-3-9)18(22)23/h2-7,11-12,19H,8H2,1H3/t11-,12+,15+,16-/m1/s1. The van der Waals surface area contributed by atoms with Gasteiger partial charge in [-0.15, -0.1) is 0 Å². The van der Waals surface area contributed by atoms with Crippen molar-refractivity contribution in [1.82, 2.24) is 0 Å². The zero-order valence-electron chi connectivity index (χ0n) is 12.7. The van der Waals surface area contributed by atoms with E-state index in [0.29, 0.717) is 0 Å². The summed E-state index contributed by atoms with van der Waals surface area (Å²) >= 11 is 0. The van der Waals surface area contributed by atoms with Crippen LogP contribution in [-0.4, -0.2) is 39.7 Å². The number of aliphatic hydroxyl groups excluding tert-OH is 1. The van der Waals surface area contributed by atoms with Crippen molar-refractivity contribution in [1.29, 1.82) is 0 Å². The van der Waals surface area contributed by atoms with Gasteiger partial charge in [-0.3, -0.25) is 19.7 Å². The Labute approximate surface area is 136 Å². The van der Waals surface area contributed by atoms with Crippen LogP contribution in [0, 0.1) is 22.0 Å². The van der Waals surface area contributed by atoms with Crippen molar-refractivity contribution < 1.29 is 24.4 Å². The molecule has 2 saturated heterocycles. The number of benzene rings is 1. The third-order valence-electron chi connectivity index (χ3n) is 5.12. The molecule has 0 spiro atoms. The second-order valence-corrected chi connectivity index (χ2v) is 6.47. The number of aliphatic hydroxyl groups is 1. The molecule has 3 aliphatic heterocycles. The van der Waals surface area contributed by atoms with Gasteiger partial charge in [0.15, 0.2) is 0 Å². The van der Waals surface area contributed by atoms with E-state index in [9.17, 15) is 24.8 Å². The largest absolute Gasteiger partial charge is 0.393 e. The minimum atomic E-state index is -1.18. The molecule has 0 radical (unpaired) electrons. The van der Waals surface area contributed by atoms with Crippen LogP contribution in [-0.2, 0) is 14.3 Å². The number of hydrogen-bond acceptors (Lipinski definition) is 6. The van der Waals surface area contributed by atoms with Gasteiger partial charge in [0, 0.05) is 12.1 Å². The number of imide groups is 1. The van der Waals surface area contributed by atoms with Gasteiger partial charge in [-0.1, -0.05) is 12.2 Å². The molecule has 8 nitrogen and oxygen atoms in total. The minimum absolute atomic E-state index is 0.123. The summed E-state index contributed by atoms with van der Waals surface area (Å²) in [5.41, 5.74) is -1.96. The number of amides is 2. The summed E-state index contributed by atoms with van der Waals surface area (Å²) in [5, 5.41) is 20.5. The van der Waals surface area contributed by atoms with Crippen molar-refractivity contribution in [3.05, 3.63) is 46.5 Å². The SMILES string of the molecule is C[C@@]12C=C[C@](CO)(O1)[C@@H]1C(=O)N(c3ccc([N+](=O)[O-])cc3)C(=O)[C@@H]12. The fourth-order valence-corrected chi connectivity index (χ4v) is 4.02. The van der Waals surface area contributed by atoms with Crippen LogP contribution in [0.25, 0.3) is 0 Å². The van der Waals surface area contributed by atoms with E-state index in [1.807, 2.05) is 0 Å².